The molecule has 144 valence electrons. The molecule has 3 aromatic rings. The molecule has 0 saturated heterocycles. The lowest BCUT2D eigenvalue weighted by Crippen LogP contribution is -2.41. The second-order valence-corrected chi connectivity index (χ2v) is 6.25. The number of aromatic amines is 1. The summed E-state index contributed by atoms with van der Waals surface area (Å²) in [5.41, 5.74) is 2.16. The van der Waals surface area contributed by atoms with Gasteiger partial charge < -0.3 is 15.0 Å². The van der Waals surface area contributed by atoms with Crippen LogP contribution >= 0.6 is 0 Å². The van der Waals surface area contributed by atoms with E-state index in [1.54, 1.807) is 0 Å². The van der Waals surface area contributed by atoms with E-state index in [-0.39, 0.29) is 11.3 Å². The van der Waals surface area contributed by atoms with Crippen LogP contribution in [-0.2, 0) is 16.0 Å². The minimum atomic E-state index is -0.832. The molecule has 1 atom stereocenters. The first-order chi connectivity index (χ1) is 13.5. The van der Waals surface area contributed by atoms with Gasteiger partial charge in [0.15, 0.2) is 0 Å². The van der Waals surface area contributed by atoms with E-state index in [9.17, 15) is 19.7 Å². The van der Waals surface area contributed by atoms with Crippen LogP contribution in [0.25, 0.3) is 10.9 Å². The first kappa shape index (κ1) is 19.1. The third-order valence-corrected chi connectivity index (χ3v) is 4.51. The molecule has 0 spiro atoms. The van der Waals surface area contributed by atoms with E-state index in [1.807, 2.05) is 30.5 Å². The predicted molar refractivity (Wildman–Crippen MR) is 103 cm³/mol. The van der Waals surface area contributed by atoms with Gasteiger partial charge in [0, 0.05) is 34.8 Å². The number of H-pyrrole nitrogens is 1. The molecule has 2 aromatic carbocycles. The zero-order valence-electron chi connectivity index (χ0n) is 15.2. The maximum atomic E-state index is 12.4. The molecule has 1 amide bonds. The Morgan fingerprint density at radius 3 is 2.57 bits per heavy atom. The van der Waals surface area contributed by atoms with Crippen molar-refractivity contribution in [3.05, 3.63) is 76.0 Å². The number of nitrogens with one attached hydrogen (secondary N) is 2. The van der Waals surface area contributed by atoms with Gasteiger partial charge in [-0.25, -0.2) is 4.79 Å². The number of hydrogen-bond donors (Lipinski definition) is 2. The second-order valence-electron chi connectivity index (χ2n) is 6.25. The monoisotopic (exact) mass is 381 g/mol. The number of rotatable bonds is 7. The number of para-hydroxylation sites is 1. The van der Waals surface area contributed by atoms with Crippen molar-refractivity contribution in [3.63, 3.8) is 0 Å². The molecule has 1 unspecified atom stereocenters. The molecule has 0 fully saturated rings. The van der Waals surface area contributed by atoms with Gasteiger partial charge in [0.25, 0.3) is 11.6 Å². The van der Waals surface area contributed by atoms with Gasteiger partial charge >= 0.3 is 5.97 Å². The number of aryl methyl sites for hydroxylation is 1. The zero-order valence-corrected chi connectivity index (χ0v) is 15.2. The molecule has 2 N–H and O–H groups in total. The molecule has 0 aliphatic rings. The van der Waals surface area contributed by atoms with E-state index in [2.05, 4.69) is 10.3 Å². The molecule has 0 bridgehead atoms. The largest absolute Gasteiger partial charge is 0.467 e. The predicted octanol–water partition coefficient (Wildman–Crippen LogP) is 2.98. The summed E-state index contributed by atoms with van der Waals surface area (Å²) in [6.07, 6.45) is 2.80. The molecule has 0 aliphatic heterocycles. The van der Waals surface area contributed by atoms with Crippen LogP contribution in [0.3, 0.4) is 0 Å². The first-order valence-electron chi connectivity index (χ1n) is 8.67. The van der Waals surface area contributed by atoms with Crippen LogP contribution in [0.1, 0.15) is 22.3 Å². The van der Waals surface area contributed by atoms with Crippen molar-refractivity contribution in [1.29, 1.82) is 0 Å². The summed E-state index contributed by atoms with van der Waals surface area (Å²) in [5, 5.41) is 14.4. The smallest absolute Gasteiger partial charge is 0.328 e. The van der Waals surface area contributed by atoms with Gasteiger partial charge in [-0.05, 0) is 36.6 Å². The summed E-state index contributed by atoms with van der Waals surface area (Å²) in [7, 11) is 1.26. The van der Waals surface area contributed by atoms with Crippen LogP contribution in [-0.4, -0.2) is 34.9 Å². The van der Waals surface area contributed by atoms with Crippen LogP contribution in [0.5, 0.6) is 0 Å². The number of carbonyl (C=O) groups excluding carboxylic acids is 2. The molecule has 8 heteroatoms. The molecule has 0 radical (unpaired) electrons. The summed E-state index contributed by atoms with van der Waals surface area (Å²) in [4.78, 5) is 37.9. The number of benzene rings is 2. The lowest BCUT2D eigenvalue weighted by molar-refractivity contribution is -0.384. The molecule has 8 nitrogen and oxygen atoms in total. The topological polar surface area (TPSA) is 114 Å². The number of ether oxygens (including phenoxy) is 1. The molecule has 0 aliphatic carbocycles. The minimum absolute atomic E-state index is 0.111. The Hall–Kier alpha value is -3.68. The Morgan fingerprint density at radius 1 is 1.18 bits per heavy atom. The molecular weight excluding hydrogens is 362 g/mol. The maximum absolute atomic E-state index is 12.4. The Bertz CT molecular complexity index is 1010. The number of nitrogens with zero attached hydrogens (tertiary/aromatic N) is 1. The lowest BCUT2D eigenvalue weighted by Gasteiger charge is -2.16. The Morgan fingerprint density at radius 2 is 1.89 bits per heavy atom. The van der Waals surface area contributed by atoms with E-state index in [0.717, 1.165) is 16.5 Å². The van der Waals surface area contributed by atoms with Gasteiger partial charge in [-0.1, -0.05) is 18.2 Å². The van der Waals surface area contributed by atoms with E-state index in [1.165, 1.54) is 31.4 Å². The highest BCUT2D eigenvalue weighted by Crippen LogP contribution is 2.20. The number of hydrogen-bond acceptors (Lipinski definition) is 5. The molecule has 28 heavy (non-hydrogen) atoms. The van der Waals surface area contributed by atoms with Crippen molar-refractivity contribution in [1.82, 2.24) is 10.3 Å². The summed E-state index contributed by atoms with van der Waals surface area (Å²) in [5.74, 6) is -1.04. The van der Waals surface area contributed by atoms with Crippen molar-refractivity contribution >= 4 is 28.5 Å². The lowest BCUT2D eigenvalue weighted by atomic mass is 10.0. The van der Waals surface area contributed by atoms with Crippen LogP contribution in [0.4, 0.5) is 5.69 Å². The molecular formula is C20H19N3O5. The fraction of sp³-hybridized carbons (Fsp3) is 0.200. The van der Waals surface area contributed by atoms with Crippen LogP contribution in [0.2, 0.25) is 0 Å². The molecule has 3 rings (SSSR count). The van der Waals surface area contributed by atoms with Crippen molar-refractivity contribution in [2.24, 2.45) is 0 Å². The Kier molecular flexibility index (Phi) is 5.69. The number of nitro groups is 1. The SMILES string of the molecule is COC(=O)C(CCc1c[nH]c2ccccc12)NC(=O)c1ccc([N+](=O)[O-])cc1. The van der Waals surface area contributed by atoms with E-state index >= 15 is 0 Å². The van der Waals surface area contributed by atoms with Gasteiger partial charge in [0.05, 0.1) is 12.0 Å². The summed E-state index contributed by atoms with van der Waals surface area (Å²) < 4.78 is 4.81. The number of nitro benzene ring substituents is 1. The number of aromatic nitrogens is 1. The van der Waals surface area contributed by atoms with Gasteiger partial charge in [-0.15, -0.1) is 0 Å². The Labute approximate surface area is 160 Å². The molecule has 0 saturated carbocycles. The van der Waals surface area contributed by atoms with Gasteiger partial charge in [0.2, 0.25) is 0 Å². The van der Waals surface area contributed by atoms with Crippen molar-refractivity contribution in [2.75, 3.05) is 7.11 Å². The summed E-state index contributed by atoms with van der Waals surface area (Å²) >= 11 is 0. The maximum Gasteiger partial charge on any atom is 0.328 e. The fourth-order valence-electron chi connectivity index (χ4n) is 3.01. The third-order valence-electron chi connectivity index (χ3n) is 4.51. The van der Waals surface area contributed by atoms with E-state index < -0.39 is 22.8 Å². The highest BCUT2D eigenvalue weighted by atomic mass is 16.6. The highest BCUT2D eigenvalue weighted by molar-refractivity contribution is 5.97. The third kappa shape index (κ3) is 4.17. The number of non-ortho nitro benzene ring substituents is 1. The van der Waals surface area contributed by atoms with Crippen molar-refractivity contribution in [3.8, 4) is 0 Å². The molecule has 1 aromatic heterocycles. The minimum Gasteiger partial charge on any atom is -0.467 e. The fourth-order valence-corrected chi connectivity index (χ4v) is 3.01. The van der Waals surface area contributed by atoms with Crippen molar-refractivity contribution < 1.29 is 19.2 Å². The van der Waals surface area contributed by atoms with E-state index in [4.69, 9.17) is 4.74 Å². The van der Waals surface area contributed by atoms with Gasteiger partial charge in [0.1, 0.15) is 6.04 Å². The Balaban J connectivity index is 1.70. The van der Waals surface area contributed by atoms with Crippen LogP contribution in [0, 0.1) is 10.1 Å². The number of amides is 1. The normalized spacial score (nSPS) is 11.8. The van der Waals surface area contributed by atoms with E-state index in [0.29, 0.717) is 12.8 Å². The van der Waals surface area contributed by atoms with Crippen LogP contribution in [0.15, 0.2) is 54.7 Å². The van der Waals surface area contributed by atoms with Gasteiger partial charge in [-0.2, -0.15) is 0 Å². The standard InChI is InChI=1S/C20H19N3O5/c1-28-20(25)18(11-8-14-12-21-17-5-3-2-4-16(14)17)22-19(24)13-6-9-15(10-7-13)23(26)27/h2-7,9-10,12,18,21H,8,11H2,1H3,(H,22,24). The highest BCUT2D eigenvalue weighted by Gasteiger charge is 2.23. The first-order valence-corrected chi connectivity index (χ1v) is 8.67. The second kappa shape index (κ2) is 8.34. The average molecular weight is 381 g/mol. The number of fused-ring (bicyclic) bond motifs is 1. The zero-order chi connectivity index (χ0) is 20.1. The summed E-state index contributed by atoms with van der Waals surface area (Å²) in [6, 6.07) is 12.2. The van der Waals surface area contributed by atoms with Crippen molar-refractivity contribution in [2.45, 2.75) is 18.9 Å². The van der Waals surface area contributed by atoms with Gasteiger partial charge in [-0.3, -0.25) is 14.9 Å². The molecule has 1 heterocycles. The quantitative estimate of drug-likeness (QED) is 0.371. The van der Waals surface area contributed by atoms with Crippen LogP contribution < -0.4 is 5.32 Å². The average Bonchev–Trinajstić information content (AvgIpc) is 3.13. The number of carbonyl (C=O) groups is 2. The summed E-state index contributed by atoms with van der Waals surface area (Å²) in [6.45, 7) is 0. The number of methoxy groups -OCH3 is 1. The number of esters is 1.